The molecule has 7 nitrogen and oxygen atoms in total. The molecular weight excluding hydrogens is 366 g/mol. The van der Waals surface area contributed by atoms with Crippen LogP contribution < -0.4 is 15.5 Å². The second-order valence-electron chi connectivity index (χ2n) is 6.35. The minimum atomic E-state index is -0.646. The van der Waals surface area contributed by atoms with Crippen LogP contribution in [0, 0.1) is 0 Å². The lowest BCUT2D eigenvalue weighted by molar-refractivity contribution is -0.117. The molecule has 0 saturated carbocycles. The van der Waals surface area contributed by atoms with Crippen molar-refractivity contribution in [3.05, 3.63) is 53.8 Å². The minimum Gasteiger partial charge on any atom is -0.368 e. The molecule has 1 atom stereocenters. The number of anilines is 2. The fourth-order valence-electron chi connectivity index (χ4n) is 2.85. The van der Waals surface area contributed by atoms with Crippen molar-refractivity contribution in [3.63, 3.8) is 0 Å². The van der Waals surface area contributed by atoms with Gasteiger partial charge in [-0.25, -0.2) is 4.79 Å². The predicted molar refractivity (Wildman–Crippen MR) is 106 cm³/mol. The fourth-order valence-corrected chi connectivity index (χ4v) is 2.97. The molecule has 1 aromatic heterocycles. The van der Waals surface area contributed by atoms with Crippen LogP contribution in [0.25, 0.3) is 0 Å². The summed E-state index contributed by atoms with van der Waals surface area (Å²) in [5, 5.41) is 6.18. The number of rotatable bonds is 4. The Balaban J connectivity index is 1.47. The summed E-state index contributed by atoms with van der Waals surface area (Å²) >= 11 is 5.92. The highest BCUT2D eigenvalue weighted by Crippen LogP contribution is 2.19. The second-order valence-corrected chi connectivity index (χ2v) is 6.79. The molecule has 1 aliphatic rings. The average Bonchev–Trinajstić information content (AvgIpc) is 2.69. The van der Waals surface area contributed by atoms with Crippen molar-refractivity contribution in [2.45, 2.75) is 13.0 Å². The summed E-state index contributed by atoms with van der Waals surface area (Å²) in [4.78, 5) is 32.5. The molecule has 0 bridgehead atoms. The molecule has 3 amide bonds. The molecule has 3 rings (SSSR count). The Labute approximate surface area is 163 Å². The van der Waals surface area contributed by atoms with Gasteiger partial charge < -0.3 is 20.4 Å². The van der Waals surface area contributed by atoms with Gasteiger partial charge in [-0.2, -0.15) is 0 Å². The zero-order valence-corrected chi connectivity index (χ0v) is 15.8. The predicted octanol–water partition coefficient (Wildman–Crippen LogP) is 2.59. The first-order valence-corrected chi connectivity index (χ1v) is 9.17. The van der Waals surface area contributed by atoms with Crippen molar-refractivity contribution in [1.29, 1.82) is 0 Å². The number of carbonyl (C=O) groups is 2. The summed E-state index contributed by atoms with van der Waals surface area (Å²) in [5.74, 6) is -0.281. The van der Waals surface area contributed by atoms with Crippen LogP contribution in [0.4, 0.5) is 16.2 Å². The Bertz CT molecular complexity index is 776. The average molecular weight is 388 g/mol. The van der Waals surface area contributed by atoms with Gasteiger partial charge in [0.1, 0.15) is 6.04 Å². The molecule has 8 heteroatoms. The maximum absolute atomic E-state index is 12.4. The van der Waals surface area contributed by atoms with E-state index in [-0.39, 0.29) is 11.9 Å². The van der Waals surface area contributed by atoms with E-state index in [1.54, 1.807) is 36.4 Å². The van der Waals surface area contributed by atoms with Gasteiger partial charge in [0.05, 0.1) is 11.9 Å². The van der Waals surface area contributed by atoms with Gasteiger partial charge in [-0.05, 0) is 43.3 Å². The molecule has 2 aromatic rings. The zero-order chi connectivity index (χ0) is 19.2. The Hall–Kier alpha value is -2.80. The summed E-state index contributed by atoms with van der Waals surface area (Å²) < 4.78 is 0. The van der Waals surface area contributed by atoms with Crippen LogP contribution in [0.1, 0.15) is 6.92 Å². The number of hydrogen-bond donors (Lipinski definition) is 2. The fraction of sp³-hybridized carbons (Fsp3) is 0.316. The maximum Gasteiger partial charge on any atom is 0.318 e. The normalized spacial score (nSPS) is 15.2. The number of amides is 3. The first kappa shape index (κ1) is 19.0. The van der Waals surface area contributed by atoms with E-state index in [9.17, 15) is 9.59 Å². The van der Waals surface area contributed by atoms with E-state index in [0.717, 1.165) is 18.8 Å². The number of halogens is 1. The third-order valence-corrected chi connectivity index (χ3v) is 4.67. The van der Waals surface area contributed by atoms with Gasteiger partial charge in [0.15, 0.2) is 0 Å². The summed E-state index contributed by atoms with van der Waals surface area (Å²) in [7, 11) is 0. The monoisotopic (exact) mass is 387 g/mol. The van der Waals surface area contributed by atoms with E-state index in [0.29, 0.717) is 23.8 Å². The number of pyridine rings is 1. The smallest absolute Gasteiger partial charge is 0.318 e. The van der Waals surface area contributed by atoms with Crippen LogP contribution in [-0.2, 0) is 4.79 Å². The molecule has 1 aliphatic heterocycles. The lowest BCUT2D eigenvalue weighted by Crippen LogP contribution is -2.54. The van der Waals surface area contributed by atoms with Crippen molar-refractivity contribution in [2.24, 2.45) is 0 Å². The maximum atomic E-state index is 12.4. The highest BCUT2D eigenvalue weighted by Gasteiger charge is 2.24. The van der Waals surface area contributed by atoms with Crippen molar-refractivity contribution >= 4 is 34.9 Å². The van der Waals surface area contributed by atoms with E-state index in [1.165, 1.54) is 0 Å². The van der Waals surface area contributed by atoms with Gasteiger partial charge in [-0.1, -0.05) is 11.6 Å². The standard InChI is InChI=1S/C19H22ClN5O2/c1-14(18(26)23-16-3-2-8-21-13-16)22-19(27)25-11-9-24(10-12-25)17-6-4-15(20)5-7-17/h2-8,13-14H,9-12H2,1H3,(H,22,27)(H,23,26)/t14-/m0/s1. The van der Waals surface area contributed by atoms with Crippen molar-refractivity contribution in [2.75, 3.05) is 36.4 Å². The summed E-state index contributed by atoms with van der Waals surface area (Å²) in [6, 6.07) is 10.3. The Morgan fingerprint density at radius 2 is 1.81 bits per heavy atom. The zero-order valence-electron chi connectivity index (χ0n) is 15.1. The van der Waals surface area contributed by atoms with Crippen LogP contribution in [0.3, 0.4) is 0 Å². The molecule has 0 spiro atoms. The summed E-state index contributed by atoms with van der Waals surface area (Å²) in [5.41, 5.74) is 1.68. The second kappa shape index (κ2) is 8.73. The third kappa shape index (κ3) is 5.10. The van der Waals surface area contributed by atoms with E-state index in [1.807, 2.05) is 24.3 Å². The van der Waals surface area contributed by atoms with Gasteiger partial charge in [-0.15, -0.1) is 0 Å². The molecule has 0 radical (unpaired) electrons. The van der Waals surface area contributed by atoms with Crippen LogP contribution >= 0.6 is 11.6 Å². The molecule has 2 heterocycles. The van der Waals surface area contributed by atoms with E-state index >= 15 is 0 Å². The molecule has 0 aliphatic carbocycles. The van der Waals surface area contributed by atoms with Crippen LogP contribution in [0.15, 0.2) is 48.8 Å². The molecule has 1 fully saturated rings. The molecular formula is C19H22ClN5O2. The number of urea groups is 1. The Morgan fingerprint density at radius 1 is 1.11 bits per heavy atom. The summed E-state index contributed by atoms with van der Waals surface area (Å²) in [6.07, 6.45) is 3.19. The Kier molecular flexibility index (Phi) is 6.13. The first-order valence-electron chi connectivity index (χ1n) is 8.80. The number of carbonyl (C=O) groups excluding carboxylic acids is 2. The molecule has 1 saturated heterocycles. The molecule has 2 N–H and O–H groups in total. The van der Waals surface area contributed by atoms with Gasteiger partial charge in [-0.3, -0.25) is 9.78 Å². The van der Waals surface area contributed by atoms with E-state index < -0.39 is 6.04 Å². The number of piperazine rings is 1. The number of benzene rings is 1. The van der Waals surface area contributed by atoms with E-state index in [4.69, 9.17) is 11.6 Å². The van der Waals surface area contributed by atoms with Gasteiger partial charge in [0.25, 0.3) is 0 Å². The van der Waals surface area contributed by atoms with Gasteiger partial charge >= 0.3 is 6.03 Å². The van der Waals surface area contributed by atoms with Gasteiger partial charge in [0.2, 0.25) is 5.91 Å². The molecule has 27 heavy (non-hydrogen) atoms. The highest BCUT2D eigenvalue weighted by atomic mass is 35.5. The lowest BCUT2D eigenvalue weighted by Gasteiger charge is -2.36. The number of aromatic nitrogens is 1. The largest absolute Gasteiger partial charge is 0.368 e. The number of nitrogens with one attached hydrogen (secondary N) is 2. The number of hydrogen-bond acceptors (Lipinski definition) is 4. The molecule has 1 aromatic carbocycles. The van der Waals surface area contributed by atoms with Crippen molar-refractivity contribution in [1.82, 2.24) is 15.2 Å². The highest BCUT2D eigenvalue weighted by molar-refractivity contribution is 6.30. The van der Waals surface area contributed by atoms with E-state index in [2.05, 4.69) is 20.5 Å². The minimum absolute atomic E-state index is 0.236. The topological polar surface area (TPSA) is 77.6 Å². The van der Waals surface area contributed by atoms with Gasteiger partial charge in [0, 0.05) is 43.1 Å². The lowest BCUT2D eigenvalue weighted by atomic mass is 10.2. The Morgan fingerprint density at radius 3 is 2.44 bits per heavy atom. The molecule has 0 unspecified atom stereocenters. The molecule has 142 valence electrons. The van der Waals surface area contributed by atoms with Crippen LogP contribution in [0.5, 0.6) is 0 Å². The third-order valence-electron chi connectivity index (χ3n) is 4.42. The SMILES string of the molecule is C[C@H](NC(=O)N1CCN(c2ccc(Cl)cc2)CC1)C(=O)Nc1cccnc1. The van der Waals surface area contributed by atoms with Crippen LogP contribution in [-0.4, -0.2) is 54.0 Å². The van der Waals surface area contributed by atoms with Crippen molar-refractivity contribution < 1.29 is 9.59 Å². The number of nitrogens with zero attached hydrogens (tertiary/aromatic N) is 3. The van der Waals surface area contributed by atoms with Crippen molar-refractivity contribution in [3.8, 4) is 0 Å². The first-order chi connectivity index (χ1) is 13.0. The van der Waals surface area contributed by atoms with Crippen LogP contribution in [0.2, 0.25) is 5.02 Å². The quantitative estimate of drug-likeness (QED) is 0.845. The summed E-state index contributed by atoms with van der Waals surface area (Å²) in [6.45, 7) is 4.29.